The summed E-state index contributed by atoms with van der Waals surface area (Å²) in [7, 11) is 1.69. The first kappa shape index (κ1) is 11.0. The minimum atomic E-state index is 0.520. The van der Waals surface area contributed by atoms with Crippen LogP contribution in [0.15, 0.2) is 24.3 Å². The highest BCUT2D eigenvalue weighted by molar-refractivity contribution is 5.78. The van der Waals surface area contributed by atoms with Crippen LogP contribution < -0.4 is 5.32 Å². The molecule has 0 aliphatic rings. The normalized spacial score (nSPS) is 10.9. The summed E-state index contributed by atoms with van der Waals surface area (Å²) in [5.74, 6) is 0.880. The summed E-state index contributed by atoms with van der Waals surface area (Å²) in [6.45, 7) is 3.58. The van der Waals surface area contributed by atoms with Gasteiger partial charge in [-0.05, 0) is 18.6 Å². The summed E-state index contributed by atoms with van der Waals surface area (Å²) in [6, 6.07) is 8.08. The van der Waals surface area contributed by atoms with E-state index in [2.05, 4.69) is 23.3 Å². The Kier molecular flexibility index (Phi) is 3.41. The molecule has 1 aromatic heterocycles. The second-order valence-electron chi connectivity index (χ2n) is 3.70. The minimum absolute atomic E-state index is 0.520. The first-order valence-corrected chi connectivity index (χ1v) is 5.55. The van der Waals surface area contributed by atoms with Crippen molar-refractivity contribution in [3.8, 4) is 0 Å². The number of anilines is 1. The molecule has 0 atom stereocenters. The van der Waals surface area contributed by atoms with Gasteiger partial charge in [-0.1, -0.05) is 19.1 Å². The van der Waals surface area contributed by atoms with Crippen LogP contribution in [0.1, 0.15) is 13.3 Å². The van der Waals surface area contributed by atoms with Gasteiger partial charge in [0, 0.05) is 13.7 Å². The molecule has 0 aliphatic carbocycles. The number of rotatable bonds is 5. The fourth-order valence-corrected chi connectivity index (χ4v) is 1.71. The summed E-state index contributed by atoms with van der Waals surface area (Å²) in [6.07, 6.45) is 1.08. The number of para-hydroxylation sites is 2. The molecule has 0 radical (unpaired) electrons. The molecule has 2 aromatic rings. The van der Waals surface area contributed by atoms with E-state index in [1.807, 2.05) is 22.8 Å². The highest BCUT2D eigenvalue weighted by atomic mass is 16.5. The molecule has 4 nitrogen and oxygen atoms in total. The molecular weight excluding hydrogens is 202 g/mol. The Hall–Kier alpha value is -1.55. The molecule has 0 bridgehead atoms. The van der Waals surface area contributed by atoms with Gasteiger partial charge in [0.25, 0.3) is 0 Å². The lowest BCUT2D eigenvalue weighted by Gasteiger charge is -2.08. The van der Waals surface area contributed by atoms with Crippen LogP contribution in [0.2, 0.25) is 0 Å². The van der Waals surface area contributed by atoms with Crippen molar-refractivity contribution < 1.29 is 4.74 Å². The van der Waals surface area contributed by atoms with Crippen molar-refractivity contribution in [2.45, 2.75) is 20.1 Å². The first-order chi connectivity index (χ1) is 7.86. The van der Waals surface area contributed by atoms with E-state index in [9.17, 15) is 0 Å². The van der Waals surface area contributed by atoms with Gasteiger partial charge in [-0.3, -0.25) is 4.57 Å². The fourth-order valence-electron chi connectivity index (χ4n) is 1.71. The molecule has 1 N–H and O–H groups in total. The highest BCUT2D eigenvalue weighted by Crippen LogP contribution is 2.19. The molecule has 16 heavy (non-hydrogen) atoms. The van der Waals surface area contributed by atoms with Crippen LogP contribution in [-0.2, 0) is 11.5 Å². The molecule has 2 rings (SSSR count). The zero-order valence-corrected chi connectivity index (χ0v) is 9.73. The Balaban J connectivity index is 2.41. The molecule has 0 fully saturated rings. The Bertz CT molecular complexity index is 464. The van der Waals surface area contributed by atoms with Gasteiger partial charge < -0.3 is 10.1 Å². The molecule has 0 unspecified atom stereocenters. The molecule has 0 saturated carbocycles. The summed E-state index contributed by atoms with van der Waals surface area (Å²) in [5.41, 5.74) is 2.10. The maximum Gasteiger partial charge on any atom is 0.205 e. The van der Waals surface area contributed by atoms with E-state index in [-0.39, 0.29) is 0 Å². The zero-order valence-electron chi connectivity index (χ0n) is 9.73. The average molecular weight is 219 g/mol. The molecule has 86 valence electrons. The molecule has 0 saturated heterocycles. The second-order valence-corrected chi connectivity index (χ2v) is 3.70. The topological polar surface area (TPSA) is 39.1 Å². The number of imidazole rings is 1. The third-order valence-electron chi connectivity index (χ3n) is 2.45. The first-order valence-electron chi connectivity index (χ1n) is 5.55. The van der Waals surface area contributed by atoms with Crippen LogP contribution in [-0.4, -0.2) is 23.2 Å². The monoisotopic (exact) mass is 219 g/mol. The molecule has 1 aromatic carbocycles. The zero-order chi connectivity index (χ0) is 11.4. The van der Waals surface area contributed by atoms with E-state index in [0.29, 0.717) is 6.73 Å². The fraction of sp³-hybridized carbons (Fsp3) is 0.417. The van der Waals surface area contributed by atoms with Crippen LogP contribution in [0.3, 0.4) is 0 Å². The lowest BCUT2D eigenvalue weighted by molar-refractivity contribution is 0.136. The number of benzene rings is 1. The standard InChI is InChI=1S/C12H17N3O/c1-3-8-13-12-14-10-6-4-5-7-11(10)15(12)9-16-2/h4-7H,3,8-9H2,1-2H3,(H,13,14). The maximum absolute atomic E-state index is 5.20. The van der Waals surface area contributed by atoms with Gasteiger partial charge in [-0.2, -0.15) is 0 Å². The van der Waals surface area contributed by atoms with Gasteiger partial charge >= 0.3 is 0 Å². The predicted octanol–water partition coefficient (Wildman–Crippen LogP) is 2.46. The summed E-state index contributed by atoms with van der Waals surface area (Å²) >= 11 is 0. The summed E-state index contributed by atoms with van der Waals surface area (Å²) < 4.78 is 7.24. The summed E-state index contributed by atoms with van der Waals surface area (Å²) in [5, 5.41) is 3.31. The number of methoxy groups -OCH3 is 1. The molecule has 0 aliphatic heterocycles. The van der Waals surface area contributed by atoms with Crippen molar-refractivity contribution in [3.05, 3.63) is 24.3 Å². The maximum atomic E-state index is 5.20. The van der Waals surface area contributed by atoms with Crippen molar-refractivity contribution in [2.24, 2.45) is 0 Å². The lowest BCUT2D eigenvalue weighted by Crippen LogP contribution is -2.09. The van der Waals surface area contributed by atoms with Gasteiger partial charge in [0.15, 0.2) is 0 Å². The van der Waals surface area contributed by atoms with Crippen molar-refractivity contribution >= 4 is 17.0 Å². The van der Waals surface area contributed by atoms with Crippen LogP contribution >= 0.6 is 0 Å². The van der Waals surface area contributed by atoms with E-state index in [1.54, 1.807) is 7.11 Å². The van der Waals surface area contributed by atoms with Gasteiger partial charge in [-0.25, -0.2) is 4.98 Å². The van der Waals surface area contributed by atoms with Gasteiger partial charge in [-0.15, -0.1) is 0 Å². The number of nitrogens with one attached hydrogen (secondary N) is 1. The minimum Gasteiger partial charge on any atom is -0.364 e. The smallest absolute Gasteiger partial charge is 0.205 e. The van der Waals surface area contributed by atoms with Gasteiger partial charge in [0.05, 0.1) is 11.0 Å². The van der Waals surface area contributed by atoms with Crippen molar-refractivity contribution in [1.29, 1.82) is 0 Å². The van der Waals surface area contributed by atoms with Crippen LogP contribution in [0.5, 0.6) is 0 Å². The molecule has 0 spiro atoms. The van der Waals surface area contributed by atoms with E-state index in [4.69, 9.17) is 4.74 Å². The Morgan fingerprint density at radius 3 is 2.94 bits per heavy atom. The third-order valence-corrected chi connectivity index (χ3v) is 2.45. The third kappa shape index (κ3) is 2.02. The number of ether oxygens (including phenoxy) is 1. The van der Waals surface area contributed by atoms with E-state index >= 15 is 0 Å². The van der Waals surface area contributed by atoms with Gasteiger partial charge in [0.1, 0.15) is 6.73 Å². The largest absolute Gasteiger partial charge is 0.364 e. The SMILES string of the molecule is CCCNc1nc2ccccc2n1COC. The second kappa shape index (κ2) is 4.99. The van der Waals surface area contributed by atoms with Crippen LogP contribution in [0.25, 0.3) is 11.0 Å². The Morgan fingerprint density at radius 2 is 2.19 bits per heavy atom. The van der Waals surface area contributed by atoms with Gasteiger partial charge in [0.2, 0.25) is 5.95 Å². The molecule has 4 heteroatoms. The van der Waals surface area contributed by atoms with E-state index in [1.165, 1.54) is 0 Å². The molecule has 1 heterocycles. The number of nitrogens with zero attached hydrogens (tertiary/aromatic N) is 2. The van der Waals surface area contributed by atoms with Crippen LogP contribution in [0.4, 0.5) is 5.95 Å². The van der Waals surface area contributed by atoms with Crippen molar-refractivity contribution in [3.63, 3.8) is 0 Å². The van der Waals surface area contributed by atoms with Crippen molar-refractivity contribution in [1.82, 2.24) is 9.55 Å². The van der Waals surface area contributed by atoms with E-state index in [0.717, 1.165) is 29.9 Å². The van der Waals surface area contributed by atoms with E-state index < -0.39 is 0 Å². The lowest BCUT2D eigenvalue weighted by atomic mass is 10.3. The Labute approximate surface area is 95.2 Å². The van der Waals surface area contributed by atoms with Crippen molar-refractivity contribution in [2.75, 3.05) is 19.0 Å². The van der Waals surface area contributed by atoms with Crippen LogP contribution in [0, 0.1) is 0 Å². The number of hydrogen-bond acceptors (Lipinski definition) is 3. The average Bonchev–Trinajstić information content (AvgIpc) is 2.66. The summed E-state index contributed by atoms with van der Waals surface area (Å²) in [4.78, 5) is 4.54. The number of aromatic nitrogens is 2. The predicted molar refractivity (Wildman–Crippen MR) is 65.5 cm³/mol. The number of hydrogen-bond donors (Lipinski definition) is 1. The highest BCUT2D eigenvalue weighted by Gasteiger charge is 2.08. The number of fused-ring (bicyclic) bond motifs is 1. The molecule has 0 amide bonds. The Morgan fingerprint density at radius 1 is 1.38 bits per heavy atom. The quantitative estimate of drug-likeness (QED) is 0.839. The molecular formula is C12H17N3O.